The van der Waals surface area contributed by atoms with E-state index in [1.165, 1.54) is 9.13 Å². The van der Waals surface area contributed by atoms with Crippen LogP contribution in [0.3, 0.4) is 0 Å². The maximum atomic E-state index is 12.3. The average molecular weight is 300 g/mol. The minimum atomic E-state index is -0.501. The Morgan fingerprint density at radius 2 is 1.73 bits per heavy atom. The van der Waals surface area contributed by atoms with E-state index < -0.39 is 11.1 Å². The van der Waals surface area contributed by atoms with E-state index in [1.54, 1.807) is 12.4 Å². The molecule has 0 unspecified atom stereocenters. The first kappa shape index (κ1) is 14.8. The summed E-state index contributed by atoms with van der Waals surface area (Å²) in [5, 5.41) is 0. The Morgan fingerprint density at radius 1 is 1.05 bits per heavy atom. The van der Waals surface area contributed by atoms with Crippen molar-refractivity contribution < 1.29 is 4.74 Å². The Bertz CT molecular complexity index is 753. The van der Waals surface area contributed by atoms with Crippen molar-refractivity contribution >= 4 is 0 Å². The monoisotopic (exact) mass is 300 g/mol. The molecular formula is C17H20N2O3. The molecule has 0 aliphatic carbocycles. The lowest BCUT2D eigenvalue weighted by atomic mass is 10.0. The van der Waals surface area contributed by atoms with Crippen molar-refractivity contribution in [2.24, 2.45) is 5.92 Å². The molecule has 2 heterocycles. The number of ether oxygens (including phenoxy) is 1. The minimum absolute atomic E-state index is 0.404. The molecule has 5 heteroatoms. The Hall–Kier alpha value is -2.14. The second kappa shape index (κ2) is 6.32. The van der Waals surface area contributed by atoms with Crippen LogP contribution in [0.4, 0.5) is 0 Å². The molecule has 1 aliphatic heterocycles. The van der Waals surface area contributed by atoms with Gasteiger partial charge in [-0.25, -0.2) is 0 Å². The van der Waals surface area contributed by atoms with E-state index in [1.807, 2.05) is 31.2 Å². The molecule has 3 rings (SSSR count). The highest BCUT2D eigenvalue weighted by Gasteiger charge is 2.16. The van der Waals surface area contributed by atoms with Gasteiger partial charge < -0.3 is 9.30 Å². The third kappa shape index (κ3) is 3.04. The van der Waals surface area contributed by atoms with Crippen LogP contribution in [0.2, 0.25) is 0 Å². The fourth-order valence-electron chi connectivity index (χ4n) is 2.77. The maximum Gasteiger partial charge on any atom is 0.320 e. The van der Waals surface area contributed by atoms with Crippen LogP contribution in [0.15, 0.2) is 46.2 Å². The lowest BCUT2D eigenvalue weighted by molar-refractivity contribution is 0.0609. The van der Waals surface area contributed by atoms with Crippen molar-refractivity contribution in [3.8, 4) is 5.69 Å². The lowest BCUT2D eigenvalue weighted by Crippen LogP contribution is -2.41. The number of rotatable bonds is 3. The van der Waals surface area contributed by atoms with Crippen LogP contribution in [0.1, 0.15) is 18.4 Å². The molecule has 1 fully saturated rings. The van der Waals surface area contributed by atoms with E-state index in [2.05, 4.69) is 0 Å². The van der Waals surface area contributed by atoms with Crippen LogP contribution < -0.4 is 11.1 Å². The standard InChI is InChI=1S/C17H20N2O3/c1-13-2-4-15(5-3-13)19-9-8-18(16(20)17(19)21)12-14-6-10-22-11-7-14/h2-5,8-9,14H,6-7,10-12H2,1H3. The van der Waals surface area contributed by atoms with Crippen LogP contribution in [0.5, 0.6) is 0 Å². The van der Waals surface area contributed by atoms with Crippen molar-refractivity contribution in [3.05, 3.63) is 62.9 Å². The van der Waals surface area contributed by atoms with Gasteiger partial charge in [-0.3, -0.25) is 14.2 Å². The number of nitrogens with zero attached hydrogens (tertiary/aromatic N) is 2. The molecule has 22 heavy (non-hydrogen) atoms. The summed E-state index contributed by atoms with van der Waals surface area (Å²) >= 11 is 0. The minimum Gasteiger partial charge on any atom is -0.381 e. The summed E-state index contributed by atoms with van der Waals surface area (Å²) in [6.07, 6.45) is 5.26. The summed E-state index contributed by atoms with van der Waals surface area (Å²) in [5.74, 6) is 0.404. The van der Waals surface area contributed by atoms with Gasteiger partial charge in [0.25, 0.3) is 0 Å². The molecule has 0 radical (unpaired) electrons. The van der Waals surface area contributed by atoms with E-state index in [0.29, 0.717) is 18.2 Å². The zero-order valence-corrected chi connectivity index (χ0v) is 12.7. The third-order valence-corrected chi connectivity index (χ3v) is 4.17. The largest absolute Gasteiger partial charge is 0.381 e. The molecule has 1 aromatic heterocycles. The van der Waals surface area contributed by atoms with Gasteiger partial charge in [0.2, 0.25) is 0 Å². The van der Waals surface area contributed by atoms with E-state index in [4.69, 9.17) is 4.74 Å². The van der Waals surface area contributed by atoms with Gasteiger partial charge in [0, 0.05) is 37.8 Å². The van der Waals surface area contributed by atoms with E-state index in [-0.39, 0.29) is 0 Å². The molecule has 0 N–H and O–H groups in total. The van der Waals surface area contributed by atoms with E-state index in [9.17, 15) is 9.59 Å². The van der Waals surface area contributed by atoms with Gasteiger partial charge in [0.1, 0.15) is 0 Å². The lowest BCUT2D eigenvalue weighted by Gasteiger charge is -2.22. The molecule has 5 nitrogen and oxygen atoms in total. The summed E-state index contributed by atoms with van der Waals surface area (Å²) in [6, 6.07) is 7.54. The van der Waals surface area contributed by atoms with Gasteiger partial charge in [-0.1, -0.05) is 17.7 Å². The summed E-state index contributed by atoms with van der Waals surface area (Å²) in [7, 11) is 0. The van der Waals surface area contributed by atoms with Crippen LogP contribution >= 0.6 is 0 Å². The zero-order valence-electron chi connectivity index (χ0n) is 12.7. The molecule has 1 aromatic carbocycles. The summed E-state index contributed by atoms with van der Waals surface area (Å²) in [6.45, 7) is 4.05. The van der Waals surface area contributed by atoms with Gasteiger partial charge >= 0.3 is 11.1 Å². The SMILES string of the molecule is Cc1ccc(-n2ccn(CC3CCOCC3)c(=O)c2=O)cc1. The first-order valence-electron chi connectivity index (χ1n) is 7.62. The van der Waals surface area contributed by atoms with Gasteiger partial charge in [-0.15, -0.1) is 0 Å². The number of aryl methyl sites for hydroxylation is 1. The number of benzene rings is 1. The normalized spacial score (nSPS) is 15.9. The van der Waals surface area contributed by atoms with Crippen LogP contribution in [-0.2, 0) is 11.3 Å². The Kier molecular flexibility index (Phi) is 4.24. The second-order valence-electron chi connectivity index (χ2n) is 5.82. The molecule has 2 aromatic rings. The number of hydrogen-bond donors (Lipinski definition) is 0. The first-order chi connectivity index (χ1) is 10.6. The van der Waals surface area contributed by atoms with Crippen LogP contribution in [-0.4, -0.2) is 22.3 Å². The average Bonchev–Trinajstić information content (AvgIpc) is 2.54. The second-order valence-corrected chi connectivity index (χ2v) is 5.82. The van der Waals surface area contributed by atoms with Gasteiger partial charge in [-0.2, -0.15) is 0 Å². The summed E-state index contributed by atoms with van der Waals surface area (Å²) in [5.41, 5.74) is 0.864. The Morgan fingerprint density at radius 3 is 2.41 bits per heavy atom. The molecule has 0 amide bonds. The summed E-state index contributed by atoms with van der Waals surface area (Å²) < 4.78 is 8.26. The van der Waals surface area contributed by atoms with Crippen molar-refractivity contribution in [2.45, 2.75) is 26.3 Å². The third-order valence-electron chi connectivity index (χ3n) is 4.17. The highest BCUT2D eigenvalue weighted by Crippen LogP contribution is 2.15. The van der Waals surface area contributed by atoms with Crippen LogP contribution in [0, 0.1) is 12.8 Å². The Labute approximate surface area is 128 Å². The van der Waals surface area contributed by atoms with E-state index in [0.717, 1.165) is 31.6 Å². The molecule has 0 spiro atoms. The molecule has 0 bridgehead atoms. The van der Waals surface area contributed by atoms with Gasteiger partial charge in [0.15, 0.2) is 0 Å². The number of aromatic nitrogens is 2. The zero-order chi connectivity index (χ0) is 15.5. The highest BCUT2D eigenvalue weighted by molar-refractivity contribution is 5.34. The van der Waals surface area contributed by atoms with Crippen molar-refractivity contribution in [3.63, 3.8) is 0 Å². The maximum absolute atomic E-state index is 12.3. The van der Waals surface area contributed by atoms with Crippen LogP contribution in [0.25, 0.3) is 5.69 Å². The fourth-order valence-corrected chi connectivity index (χ4v) is 2.77. The molecule has 1 saturated heterocycles. The molecule has 1 aliphatic rings. The fraction of sp³-hybridized carbons (Fsp3) is 0.412. The smallest absolute Gasteiger partial charge is 0.320 e. The predicted octanol–water partition coefficient (Wildman–Crippen LogP) is 1.73. The Balaban J connectivity index is 1.89. The van der Waals surface area contributed by atoms with Crippen molar-refractivity contribution in [2.75, 3.05) is 13.2 Å². The quantitative estimate of drug-likeness (QED) is 0.811. The molecule has 0 saturated carbocycles. The highest BCUT2D eigenvalue weighted by atomic mass is 16.5. The molecule has 0 atom stereocenters. The number of hydrogen-bond acceptors (Lipinski definition) is 3. The van der Waals surface area contributed by atoms with Gasteiger partial charge in [-0.05, 0) is 37.8 Å². The van der Waals surface area contributed by atoms with Crippen molar-refractivity contribution in [1.29, 1.82) is 0 Å². The predicted molar refractivity (Wildman–Crippen MR) is 84.6 cm³/mol. The first-order valence-corrected chi connectivity index (χ1v) is 7.62. The van der Waals surface area contributed by atoms with Crippen molar-refractivity contribution in [1.82, 2.24) is 9.13 Å². The molecular weight excluding hydrogens is 280 g/mol. The topological polar surface area (TPSA) is 53.2 Å². The van der Waals surface area contributed by atoms with E-state index >= 15 is 0 Å². The molecule has 116 valence electrons. The summed E-state index contributed by atoms with van der Waals surface area (Å²) in [4.78, 5) is 24.6. The van der Waals surface area contributed by atoms with Gasteiger partial charge in [0.05, 0.1) is 0 Å².